The molecule has 1 fully saturated rings. The van der Waals surface area contributed by atoms with E-state index in [0.717, 1.165) is 46.9 Å². The molecule has 8 nitrogen and oxygen atoms in total. The van der Waals surface area contributed by atoms with Crippen LogP contribution in [0.5, 0.6) is 0 Å². The van der Waals surface area contributed by atoms with Crippen molar-refractivity contribution in [2.24, 2.45) is 0 Å². The smallest absolute Gasteiger partial charge is 0.267 e. The number of carbonyl (C=O) groups is 1. The minimum absolute atomic E-state index is 0.183. The van der Waals surface area contributed by atoms with Gasteiger partial charge in [-0.2, -0.15) is 0 Å². The van der Waals surface area contributed by atoms with E-state index in [1.165, 1.54) is 11.3 Å². The first kappa shape index (κ1) is 19.0. The Morgan fingerprint density at radius 3 is 2.90 bits per heavy atom. The van der Waals surface area contributed by atoms with E-state index in [4.69, 9.17) is 4.98 Å². The number of carbonyl (C=O) groups excluding carboxylic acids is 1. The average molecular weight is 422 g/mol. The lowest BCUT2D eigenvalue weighted by Gasteiger charge is -2.21. The van der Waals surface area contributed by atoms with Gasteiger partial charge in [0.1, 0.15) is 10.6 Å². The standard InChI is InChI=1S/C21H23N7OS/c1-13-11-28-19(22-13)7-5-17(25-28)23-20(29)16-10-14-4-6-18(24-21(14)30-16)27-9-8-15(12-27)26(2)3/h4-7,10-11,15H,8-9,12H2,1-3H3,(H,23,25,29)/t15-/m0/s1. The summed E-state index contributed by atoms with van der Waals surface area (Å²) in [5.41, 5.74) is 1.63. The Kier molecular flexibility index (Phi) is 4.63. The van der Waals surface area contributed by atoms with E-state index in [2.05, 4.69) is 39.3 Å². The van der Waals surface area contributed by atoms with Gasteiger partial charge in [-0.25, -0.2) is 14.5 Å². The van der Waals surface area contributed by atoms with Crippen LogP contribution in [0.2, 0.25) is 0 Å². The highest BCUT2D eigenvalue weighted by molar-refractivity contribution is 7.20. The van der Waals surface area contributed by atoms with Gasteiger partial charge >= 0.3 is 0 Å². The molecular weight excluding hydrogens is 398 g/mol. The summed E-state index contributed by atoms with van der Waals surface area (Å²) in [6.45, 7) is 3.89. The summed E-state index contributed by atoms with van der Waals surface area (Å²) in [5.74, 6) is 1.28. The summed E-state index contributed by atoms with van der Waals surface area (Å²) in [7, 11) is 4.24. The molecule has 4 aromatic heterocycles. The molecule has 0 radical (unpaired) electrons. The zero-order valence-corrected chi connectivity index (χ0v) is 18.0. The lowest BCUT2D eigenvalue weighted by atomic mass is 10.2. The number of aryl methyl sites for hydroxylation is 1. The lowest BCUT2D eigenvalue weighted by Crippen LogP contribution is -2.31. The Morgan fingerprint density at radius 2 is 2.10 bits per heavy atom. The van der Waals surface area contributed by atoms with Gasteiger partial charge in [-0.05, 0) is 57.8 Å². The predicted octanol–water partition coefficient (Wildman–Crippen LogP) is 3.04. The average Bonchev–Trinajstić information content (AvgIpc) is 3.44. The van der Waals surface area contributed by atoms with Gasteiger partial charge in [0, 0.05) is 24.5 Å². The van der Waals surface area contributed by atoms with Crippen molar-refractivity contribution in [2.45, 2.75) is 19.4 Å². The zero-order valence-electron chi connectivity index (χ0n) is 17.2. The Labute approximate surface area is 178 Å². The van der Waals surface area contributed by atoms with Crippen molar-refractivity contribution in [2.75, 3.05) is 37.4 Å². The maximum absolute atomic E-state index is 12.8. The molecule has 1 aliphatic heterocycles. The van der Waals surface area contributed by atoms with Gasteiger partial charge in [-0.3, -0.25) is 4.79 Å². The molecule has 9 heteroatoms. The van der Waals surface area contributed by atoms with Crippen LogP contribution in [0.4, 0.5) is 11.6 Å². The van der Waals surface area contributed by atoms with Gasteiger partial charge in [-0.15, -0.1) is 16.4 Å². The molecule has 1 aliphatic rings. The molecule has 0 unspecified atom stereocenters. The van der Waals surface area contributed by atoms with Crippen LogP contribution in [0.3, 0.4) is 0 Å². The number of rotatable bonds is 4. The molecular formula is C21H23N7OS. The minimum Gasteiger partial charge on any atom is -0.355 e. The van der Waals surface area contributed by atoms with E-state index in [-0.39, 0.29) is 5.91 Å². The summed E-state index contributed by atoms with van der Waals surface area (Å²) < 4.78 is 1.67. The maximum Gasteiger partial charge on any atom is 0.267 e. The summed E-state index contributed by atoms with van der Waals surface area (Å²) in [6.07, 6.45) is 2.97. The van der Waals surface area contributed by atoms with Crippen molar-refractivity contribution in [1.82, 2.24) is 24.5 Å². The summed E-state index contributed by atoms with van der Waals surface area (Å²) in [6, 6.07) is 10.1. The molecule has 0 spiro atoms. The highest BCUT2D eigenvalue weighted by Gasteiger charge is 2.25. The third-order valence-electron chi connectivity index (χ3n) is 5.49. The van der Waals surface area contributed by atoms with Crippen LogP contribution >= 0.6 is 11.3 Å². The highest BCUT2D eigenvalue weighted by atomic mass is 32.1. The van der Waals surface area contributed by atoms with Crippen molar-refractivity contribution in [3.05, 3.63) is 47.1 Å². The summed E-state index contributed by atoms with van der Waals surface area (Å²) >= 11 is 1.41. The summed E-state index contributed by atoms with van der Waals surface area (Å²) in [4.78, 5) is 28.0. The van der Waals surface area contributed by atoms with E-state index >= 15 is 0 Å². The van der Waals surface area contributed by atoms with E-state index < -0.39 is 0 Å². The van der Waals surface area contributed by atoms with Crippen molar-refractivity contribution in [3.8, 4) is 0 Å². The molecule has 0 saturated carbocycles. The van der Waals surface area contributed by atoms with Crippen LogP contribution in [0.15, 0.2) is 36.5 Å². The molecule has 154 valence electrons. The number of amides is 1. The number of anilines is 2. The van der Waals surface area contributed by atoms with Gasteiger partial charge < -0.3 is 15.1 Å². The fourth-order valence-electron chi connectivity index (χ4n) is 3.81. The van der Waals surface area contributed by atoms with E-state index in [0.29, 0.717) is 16.7 Å². The van der Waals surface area contributed by atoms with Crippen LogP contribution in [-0.4, -0.2) is 63.6 Å². The fourth-order valence-corrected chi connectivity index (χ4v) is 4.73. The number of aromatic nitrogens is 4. The third-order valence-corrected chi connectivity index (χ3v) is 6.54. The predicted molar refractivity (Wildman–Crippen MR) is 120 cm³/mol. The third kappa shape index (κ3) is 3.50. The molecule has 0 bridgehead atoms. The molecule has 0 aliphatic carbocycles. The van der Waals surface area contributed by atoms with E-state index in [1.807, 2.05) is 37.4 Å². The molecule has 1 N–H and O–H groups in total. The van der Waals surface area contributed by atoms with Crippen molar-refractivity contribution >= 4 is 44.7 Å². The number of thiophene rings is 1. The first-order valence-corrected chi connectivity index (χ1v) is 10.7. The van der Waals surface area contributed by atoms with Gasteiger partial charge in [0.05, 0.1) is 16.8 Å². The van der Waals surface area contributed by atoms with E-state index in [9.17, 15) is 4.79 Å². The first-order chi connectivity index (χ1) is 14.5. The van der Waals surface area contributed by atoms with Crippen LogP contribution in [0.1, 0.15) is 21.8 Å². The molecule has 1 atom stereocenters. The van der Waals surface area contributed by atoms with Crippen LogP contribution in [0.25, 0.3) is 15.9 Å². The number of hydrogen-bond acceptors (Lipinski definition) is 7. The fraction of sp³-hybridized carbons (Fsp3) is 0.333. The van der Waals surface area contributed by atoms with Gasteiger partial charge in [0.15, 0.2) is 11.5 Å². The normalized spacial score (nSPS) is 16.8. The number of hydrogen-bond donors (Lipinski definition) is 1. The molecule has 0 aromatic carbocycles. The number of likely N-dealkylation sites (N-methyl/N-ethyl adjacent to an activating group) is 1. The number of pyridine rings is 1. The van der Waals surface area contributed by atoms with Crippen LogP contribution in [-0.2, 0) is 0 Å². The molecule has 5 heterocycles. The van der Waals surface area contributed by atoms with Crippen LogP contribution < -0.4 is 10.2 Å². The highest BCUT2D eigenvalue weighted by Crippen LogP contribution is 2.29. The minimum atomic E-state index is -0.183. The zero-order chi connectivity index (χ0) is 20.8. The summed E-state index contributed by atoms with van der Waals surface area (Å²) in [5, 5.41) is 8.26. The Morgan fingerprint density at radius 1 is 1.23 bits per heavy atom. The maximum atomic E-state index is 12.8. The molecule has 1 saturated heterocycles. The molecule has 4 aromatic rings. The molecule has 5 rings (SSSR count). The van der Waals surface area contributed by atoms with Crippen molar-refractivity contribution < 1.29 is 4.79 Å². The Bertz CT molecular complexity index is 1240. The molecule has 30 heavy (non-hydrogen) atoms. The number of fused-ring (bicyclic) bond motifs is 2. The molecule has 1 amide bonds. The van der Waals surface area contributed by atoms with Gasteiger partial charge in [-0.1, -0.05) is 0 Å². The Balaban J connectivity index is 1.35. The SMILES string of the molecule is Cc1cn2nc(NC(=O)c3cc4ccc(N5CC[C@H](N(C)C)C5)nc4s3)ccc2n1. The number of nitrogens with one attached hydrogen (secondary N) is 1. The van der Waals surface area contributed by atoms with E-state index in [1.54, 1.807) is 10.6 Å². The second-order valence-electron chi connectivity index (χ2n) is 7.88. The number of imidazole rings is 1. The van der Waals surface area contributed by atoms with Crippen molar-refractivity contribution in [3.63, 3.8) is 0 Å². The van der Waals surface area contributed by atoms with Crippen molar-refractivity contribution in [1.29, 1.82) is 0 Å². The topological polar surface area (TPSA) is 78.7 Å². The van der Waals surface area contributed by atoms with Gasteiger partial charge in [0.2, 0.25) is 0 Å². The van der Waals surface area contributed by atoms with Crippen LogP contribution in [0, 0.1) is 6.92 Å². The number of nitrogens with zero attached hydrogens (tertiary/aromatic N) is 6. The quantitative estimate of drug-likeness (QED) is 0.546. The second kappa shape index (κ2) is 7.33. The second-order valence-corrected chi connectivity index (χ2v) is 8.92. The monoisotopic (exact) mass is 421 g/mol. The first-order valence-electron chi connectivity index (χ1n) is 9.92. The lowest BCUT2D eigenvalue weighted by molar-refractivity contribution is 0.103. The van der Waals surface area contributed by atoms with Gasteiger partial charge in [0.25, 0.3) is 5.91 Å². The Hall–Kier alpha value is -3.04. The largest absolute Gasteiger partial charge is 0.355 e.